The van der Waals surface area contributed by atoms with E-state index in [2.05, 4.69) is 10.1 Å². The summed E-state index contributed by atoms with van der Waals surface area (Å²) in [5.41, 5.74) is 1.32. The van der Waals surface area contributed by atoms with Crippen molar-refractivity contribution in [1.29, 1.82) is 5.26 Å². The molecule has 3 aromatic rings. The highest BCUT2D eigenvalue weighted by molar-refractivity contribution is 5.58. The van der Waals surface area contributed by atoms with Crippen molar-refractivity contribution in [2.45, 2.75) is 6.18 Å². The highest BCUT2D eigenvalue weighted by atomic mass is 19.4. The van der Waals surface area contributed by atoms with Gasteiger partial charge >= 0.3 is 6.18 Å². The molecule has 0 aliphatic rings. The summed E-state index contributed by atoms with van der Waals surface area (Å²) in [7, 11) is 0. The minimum absolute atomic E-state index is 0.0858. The lowest BCUT2D eigenvalue weighted by Gasteiger charge is -2.05. The number of nitriles is 1. The third-order valence-corrected chi connectivity index (χ3v) is 3.13. The summed E-state index contributed by atoms with van der Waals surface area (Å²) in [6.45, 7) is 0. The predicted molar refractivity (Wildman–Crippen MR) is 76.5 cm³/mol. The van der Waals surface area contributed by atoms with Gasteiger partial charge in [0.25, 0.3) is 5.82 Å². The Hall–Kier alpha value is -3.14. The highest BCUT2D eigenvalue weighted by Gasteiger charge is 2.37. The molecule has 0 aliphatic heterocycles. The van der Waals surface area contributed by atoms with Crippen molar-refractivity contribution in [3.8, 4) is 23.1 Å². The summed E-state index contributed by atoms with van der Waals surface area (Å²) in [4.78, 5) is 3.63. The number of nitrogens with zero attached hydrogens (tertiary/aromatic N) is 4. The van der Waals surface area contributed by atoms with E-state index < -0.39 is 12.0 Å². The molecule has 7 heteroatoms. The van der Waals surface area contributed by atoms with E-state index in [1.165, 1.54) is 24.3 Å². The number of hydrogen-bond donors (Lipinski definition) is 0. The van der Waals surface area contributed by atoms with E-state index in [9.17, 15) is 13.2 Å². The van der Waals surface area contributed by atoms with E-state index >= 15 is 0 Å². The Morgan fingerprint density at radius 1 is 0.957 bits per heavy atom. The maximum absolute atomic E-state index is 12.9. The lowest BCUT2D eigenvalue weighted by Crippen LogP contribution is -2.08. The van der Waals surface area contributed by atoms with E-state index in [0.29, 0.717) is 16.8 Å². The van der Waals surface area contributed by atoms with E-state index in [-0.39, 0.29) is 5.82 Å². The van der Waals surface area contributed by atoms with Crippen molar-refractivity contribution in [2.24, 2.45) is 0 Å². The van der Waals surface area contributed by atoms with E-state index in [1.54, 1.807) is 30.3 Å². The quantitative estimate of drug-likeness (QED) is 0.722. The Kier molecular flexibility index (Phi) is 3.58. The lowest BCUT2D eigenvalue weighted by molar-refractivity contribution is -0.144. The molecule has 0 bridgehead atoms. The zero-order valence-electron chi connectivity index (χ0n) is 11.6. The van der Waals surface area contributed by atoms with Gasteiger partial charge in [-0.3, -0.25) is 0 Å². The van der Waals surface area contributed by atoms with Gasteiger partial charge in [-0.15, -0.1) is 5.10 Å². The van der Waals surface area contributed by atoms with Crippen molar-refractivity contribution in [1.82, 2.24) is 14.8 Å². The molecule has 0 N–H and O–H groups in total. The third kappa shape index (κ3) is 2.92. The first-order valence-electron chi connectivity index (χ1n) is 6.59. The summed E-state index contributed by atoms with van der Waals surface area (Å²) in [6, 6.07) is 16.5. The molecule has 0 spiro atoms. The molecule has 0 fully saturated rings. The van der Waals surface area contributed by atoms with Crippen molar-refractivity contribution in [3.63, 3.8) is 0 Å². The maximum Gasteiger partial charge on any atom is 0.453 e. The van der Waals surface area contributed by atoms with Crippen LogP contribution in [-0.4, -0.2) is 14.8 Å². The number of aromatic nitrogens is 3. The van der Waals surface area contributed by atoms with Gasteiger partial charge in [0, 0.05) is 5.56 Å². The van der Waals surface area contributed by atoms with Crippen molar-refractivity contribution < 1.29 is 13.2 Å². The maximum atomic E-state index is 12.9. The third-order valence-electron chi connectivity index (χ3n) is 3.13. The smallest absolute Gasteiger partial charge is 0.213 e. The van der Waals surface area contributed by atoms with Crippen LogP contribution in [0.1, 0.15) is 11.4 Å². The van der Waals surface area contributed by atoms with Crippen molar-refractivity contribution in [2.75, 3.05) is 0 Å². The Morgan fingerprint density at radius 3 is 2.17 bits per heavy atom. The Bertz CT molecular complexity index is 859. The molecule has 3 rings (SSSR count). The number of alkyl halides is 3. The summed E-state index contributed by atoms with van der Waals surface area (Å²) in [5, 5.41) is 12.4. The average Bonchev–Trinajstić information content (AvgIpc) is 3.01. The van der Waals surface area contributed by atoms with E-state index in [4.69, 9.17) is 5.26 Å². The zero-order valence-corrected chi connectivity index (χ0v) is 11.6. The minimum Gasteiger partial charge on any atom is -0.213 e. The molecule has 1 aromatic heterocycles. The van der Waals surface area contributed by atoms with Gasteiger partial charge in [-0.05, 0) is 24.3 Å². The Morgan fingerprint density at radius 2 is 1.61 bits per heavy atom. The fourth-order valence-electron chi connectivity index (χ4n) is 2.06. The standard InChI is InChI=1S/C16H9F3N4/c17-16(18,19)15-21-14(12-4-2-1-3-5-12)23(22-15)13-8-6-11(10-20)7-9-13/h1-9H. The van der Waals surface area contributed by atoms with Crippen LogP contribution in [0.25, 0.3) is 17.1 Å². The number of rotatable bonds is 2. The van der Waals surface area contributed by atoms with Gasteiger partial charge in [-0.1, -0.05) is 30.3 Å². The molecule has 0 amide bonds. The van der Waals surface area contributed by atoms with E-state index in [0.717, 1.165) is 4.68 Å². The molecule has 0 atom stereocenters. The van der Waals surface area contributed by atoms with E-state index in [1.807, 2.05) is 6.07 Å². The topological polar surface area (TPSA) is 54.5 Å². The molecule has 0 radical (unpaired) electrons. The van der Waals surface area contributed by atoms with Crippen LogP contribution in [0.4, 0.5) is 13.2 Å². The molecule has 0 unspecified atom stereocenters. The summed E-state index contributed by atoms with van der Waals surface area (Å²) < 4.78 is 40.0. The first-order chi connectivity index (χ1) is 11.0. The van der Waals surface area contributed by atoms with Gasteiger partial charge in [0.1, 0.15) is 0 Å². The normalized spacial score (nSPS) is 11.2. The molecule has 23 heavy (non-hydrogen) atoms. The van der Waals surface area contributed by atoms with Crippen molar-refractivity contribution >= 4 is 0 Å². The van der Waals surface area contributed by atoms with Gasteiger partial charge in [-0.25, -0.2) is 9.67 Å². The first kappa shape index (κ1) is 14.8. The molecule has 0 aliphatic carbocycles. The monoisotopic (exact) mass is 314 g/mol. The van der Waals surface area contributed by atoms with Gasteiger partial charge in [0.05, 0.1) is 17.3 Å². The average molecular weight is 314 g/mol. The molecular formula is C16H9F3N4. The Labute approximate surface area is 129 Å². The number of hydrogen-bond acceptors (Lipinski definition) is 3. The second kappa shape index (κ2) is 5.57. The molecule has 2 aromatic carbocycles. The molecule has 114 valence electrons. The summed E-state index contributed by atoms with van der Waals surface area (Å²) >= 11 is 0. The van der Waals surface area contributed by atoms with Gasteiger partial charge < -0.3 is 0 Å². The summed E-state index contributed by atoms with van der Waals surface area (Å²) in [6.07, 6.45) is -4.64. The van der Waals surface area contributed by atoms with Crippen molar-refractivity contribution in [3.05, 3.63) is 66.0 Å². The van der Waals surface area contributed by atoms with Crippen LogP contribution in [-0.2, 0) is 6.18 Å². The van der Waals surface area contributed by atoms with Crippen LogP contribution in [0.5, 0.6) is 0 Å². The lowest BCUT2D eigenvalue weighted by atomic mass is 10.2. The van der Waals surface area contributed by atoms with Gasteiger partial charge in [-0.2, -0.15) is 18.4 Å². The van der Waals surface area contributed by atoms with Crippen LogP contribution in [0.2, 0.25) is 0 Å². The summed E-state index contributed by atoms with van der Waals surface area (Å²) in [5.74, 6) is -1.12. The zero-order chi connectivity index (χ0) is 16.4. The largest absolute Gasteiger partial charge is 0.453 e. The predicted octanol–water partition coefficient (Wildman–Crippen LogP) is 3.82. The number of halogens is 3. The van der Waals surface area contributed by atoms with Crippen LogP contribution < -0.4 is 0 Å². The second-order valence-electron chi connectivity index (χ2n) is 4.69. The fourth-order valence-corrected chi connectivity index (χ4v) is 2.06. The first-order valence-corrected chi connectivity index (χ1v) is 6.59. The molecule has 0 saturated carbocycles. The van der Waals surface area contributed by atoms with Crippen LogP contribution in [0.15, 0.2) is 54.6 Å². The SMILES string of the molecule is N#Cc1ccc(-n2nc(C(F)(F)F)nc2-c2ccccc2)cc1. The minimum atomic E-state index is -4.64. The van der Waals surface area contributed by atoms with Gasteiger partial charge in [0.15, 0.2) is 5.82 Å². The molecule has 0 saturated heterocycles. The van der Waals surface area contributed by atoms with Gasteiger partial charge in [0.2, 0.25) is 0 Å². The molecule has 1 heterocycles. The number of benzene rings is 2. The Balaban J connectivity index is 2.18. The highest BCUT2D eigenvalue weighted by Crippen LogP contribution is 2.30. The fraction of sp³-hybridized carbons (Fsp3) is 0.0625. The van der Waals surface area contributed by atoms with Crippen LogP contribution in [0, 0.1) is 11.3 Å². The molecular weight excluding hydrogens is 305 g/mol. The van der Waals surface area contributed by atoms with Crippen LogP contribution >= 0.6 is 0 Å². The second-order valence-corrected chi connectivity index (χ2v) is 4.69. The van der Waals surface area contributed by atoms with Crippen LogP contribution in [0.3, 0.4) is 0 Å². The molecule has 4 nitrogen and oxygen atoms in total.